The van der Waals surface area contributed by atoms with Crippen molar-refractivity contribution < 1.29 is 15.0 Å². The molecule has 1 unspecified atom stereocenters. The number of thiophene rings is 1. The Morgan fingerprint density at radius 1 is 1.24 bits per heavy atom. The maximum absolute atomic E-state index is 12.5. The molecule has 25 heavy (non-hydrogen) atoms. The molecule has 0 aliphatic carbocycles. The van der Waals surface area contributed by atoms with Crippen molar-refractivity contribution in [2.45, 2.75) is 6.04 Å². The molecule has 2 aromatic heterocycles. The molecule has 1 atom stereocenters. The lowest BCUT2D eigenvalue weighted by Gasteiger charge is -2.16. The van der Waals surface area contributed by atoms with E-state index < -0.39 is 23.3 Å². The topological polar surface area (TPSA) is 115 Å². The van der Waals surface area contributed by atoms with Crippen molar-refractivity contribution in [2.24, 2.45) is 0 Å². The minimum atomic E-state index is -0.802. The molecule has 0 aliphatic rings. The number of nitrogens with one attached hydrogen (secondary N) is 2. The van der Waals surface area contributed by atoms with Gasteiger partial charge in [0, 0.05) is 0 Å². The molecule has 0 saturated carbocycles. The third-order valence-electron chi connectivity index (χ3n) is 3.55. The fraction of sp³-hybridized carbons (Fsp3) is 0.118. The van der Waals surface area contributed by atoms with Crippen molar-refractivity contribution in [1.82, 2.24) is 15.3 Å². The molecule has 8 heteroatoms. The Morgan fingerprint density at radius 2 is 2.00 bits per heavy atom. The van der Waals surface area contributed by atoms with Crippen LogP contribution in [-0.2, 0) is 0 Å². The highest BCUT2D eigenvalue weighted by Gasteiger charge is 2.22. The number of carbonyl (C=O) groups excluding carboxylic acids is 1. The molecule has 4 N–H and O–H groups in total. The van der Waals surface area contributed by atoms with Crippen LogP contribution in [0.3, 0.4) is 0 Å². The third-order valence-corrected chi connectivity index (χ3v) is 4.43. The lowest BCUT2D eigenvalue weighted by molar-refractivity contribution is 0.0907. The zero-order chi connectivity index (χ0) is 17.8. The molecule has 0 spiro atoms. The van der Waals surface area contributed by atoms with Crippen LogP contribution in [0.15, 0.2) is 52.6 Å². The van der Waals surface area contributed by atoms with Gasteiger partial charge < -0.3 is 20.5 Å². The molecule has 1 amide bonds. The summed E-state index contributed by atoms with van der Waals surface area (Å²) >= 11 is 1.34. The van der Waals surface area contributed by atoms with E-state index in [2.05, 4.69) is 15.3 Å². The molecule has 0 saturated heterocycles. The minimum absolute atomic E-state index is 0.197. The predicted octanol–water partition coefficient (Wildman–Crippen LogP) is 1.67. The molecule has 3 aromatic rings. The number of amides is 1. The van der Waals surface area contributed by atoms with Gasteiger partial charge in [0.25, 0.3) is 11.5 Å². The Balaban J connectivity index is 1.92. The average Bonchev–Trinajstić information content (AvgIpc) is 3.17. The second-order valence-corrected chi connectivity index (χ2v) is 6.16. The van der Waals surface area contributed by atoms with Gasteiger partial charge in [0.1, 0.15) is 0 Å². The largest absolute Gasteiger partial charge is 0.501 e. The van der Waals surface area contributed by atoms with Crippen LogP contribution in [0.4, 0.5) is 0 Å². The van der Waals surface area contributed by atoms with Crippen LogP contribution in [0.25, 0.3) is 10.7 Å². The van der Waals surface area contributed by atoms with E-state index in [-0.39, 0.29) is 18.1 Å². The summed E-state index contributed by atoms with van der Waals surface area (Å²) in [6.45, 7) is -0.336. The molecule has 0 bridgehead atoms. The quantitative estimate of drug-likeness (QED) is 0.554. The highest BCUT2D eigenvalue weighted by molar-refractivity contribution is 7.13. The number of aromatic amines is 1. The molecule has 3 rings (SSSR count). The lowest BCUT2D eigenvalue weighted by atomic mass is 10.1. The van der Waals surface area contributed by atoms with Gasteiger partial charge in [-0.25, -0.2) is 4.98 Å². The van der Waals surface area contributed by atoms with E-state index in [1.807, 2.05) is 6.07 Å². The number of nitrogens with zero attached hydrogens (tertiary/aromatic N) is 1. The van der Waals surface area contributed by atoms with Crippen molar-refractivity contribution in [2.75, 3.05) is 6.61 Å². The number of aliphatic hydroxyl groups is 1. The van der Waals surface area contributed by atoms with E-state index in [1.165, 1.54) is 11.3 Å². The fourth-order valence-corrected chi connectivity index (χ4v) is 2.97. The SMILES string of the molecule is O=C(NC(CO)c1ccccc1)c1nc(-c2cccs2)[nH]c(=O)c1O. The van der Waals surface area contributed by atoms with E-state index in [9.17, 15) is 19.8 Å². The zero-order valence-electron chi connectivity index (χ0n) is 13.0. The van der Waals surface area contributed by atoms with Crippen LogP contribution >= 0.6 is 11.3 Å². The van der Waals surface area contributed by atoms with E-state index in [1.54, 1.807) is 41.8 Å². The van der Waals surface area contributed by atoms with E-state index in [4.69, 9.17) is 0 Å². The molecule has 2 heterocycles. The molecule has 0 aliphatic heterocycles. The Kier molecular flexibility index (Phi) is 4.92. The van der Waals surface area contributed by atoms with Crippen molar-refractivity contribution in [1.29, 1.82) is 0 Å². The van der Waals surface area contributed by atoms with Crippen molar-refractivity contribution in [3.8, 4) is 16.5 Å². The van der Waals surface area contributed by atoms with Gasteiger partial charge in [-0.15, -0.1) is 11.3 Å². The molecule has 0 radical (unpaired) electrons. The summed E-state index contributed by atoms with van der Waals surface area (Å²) in [4.78, 5) is 31.6. The van der Waals surface area contributed by atoms with Crippen LogP contribution in [0.2, 0.25) is 0 Å². The summed E-state index contributed by atoms with van der Waals surface area (Å²) in [6, 6.07) is 11.7. The minimum Gasteiger partial charge on any atom is -0.501 e. The third kappa shape index (κ3) is 3.59. The van der Waals surface area contributed by atoms with Gasteiger partial charge in [-0.05, 0) is 17.0 Å². The van der Waals surface area contributed by atoms with Gasteiger partial charge in [0.2, 0.25) is 5.75 Å². The van der Waals surface area contributed by atoms with E-state index in [0.29, 0.717) is 10.4 Å². The molecular formula is C17H15N3O4S. The van der Waals surface area contributed by atoms with Crippen LogP contribution < -0.4 is 10.9 Å². The van der Waals surface area contributed by atoms with Gasteiger partial charge in [-0.2, -0.15) is 0 Å². The Bertz CT molecular complexity index is 923. The first kappa shape index (κ1) is 16.9. The highest BCUT2D eigenvalue weighted by Crippen LogP contribution is 2.22. The predicted molar refractivity (Wildman–Crippen MR) is 93.6 cm³/mol. The number of aromatic hydroxyl groups is 1. The molecule has 1 aromatic carbocycles. The number of benzene rings is 1. The second-order valence-electron chi connectivity index (χ2n) is 5.21. The van der Waals surface area contributed by atoms with Crippen LogP contribution in [0, 0.1) is 0 Å². The smallest absolute Gasteiger partial charge is 0.294 e. The van der Waals surface area contributed by atoms with Crippen molar-refractivity contribution in [3.05, 3.63) is 69.5 Å². The summed E-state index contributed by atoms with van der Waals surface area (Å²) in [5.41, 5.74) is -0.494. The summed E-state index contributed by atoms with van der Waals surface area (Å²) in [5.74, 6) is -1.31. The first-order valence-corrected chi connectivity index (χ1v) is 8.32. The van der Waals surface area contributed by atoms with Gasteiger partial charge in [-0.1, -0.05) is 36.4 Å². The molecule has 7 nitrogen and oxygen atoms in total. The average molecular weight is 357 g/mol. The van der Waals surface area contributed by atoms with Crippen LogP contribution in [0.5, 0.6) is 5.75 Å². The van der Waals surface area contributed by atoms with Crippen LogP contribution in [-0.4, -0.2) is 32.7 Å². The summed E-state index contributed by atoms with van der Waals surface area (Å²) in [7, 11) is 0. The Morgan fingerprint density at radius 3 is 2.64 bits per heavy atom. The van der Waals surface area contributed by atoms with Gasteiger partial charge in [0.05, 0.1) is 17.5 Å². The monoisotopic (exact) mass is 357 g/mol. The van der Waals surface area contributed by atoms with E-state index >= 15 is 0 Å². The number of hydrogen-bond donors (Lipinski definition) is 4. The number of aliphatic hydroxyl groups excluding tert-OH is 1. The second kappa shape index (κ2) is 7.29. The van der Waals surface area contributed by atoms with Gasteiger partial charge >= 0.3 is 0 Å². The van der Waals surface area contributed by atoms with Crippen molar-refractivity contribution >= 4 is 17.2 Å². The van der Waals surface area contributed by atoms with E-state index in [0.717, 1.165) is 0 Å². The number of hydrogen-bond acceptors (Lipinski definition) is 6. The molecule has 128 valence electrons. The number of carbonyl (C=O) groups is 1. The first-order valence-electron chi connectivity index (χ1n) is 7.44. The first-order chi connectivity index (χ1) is 12.1. The Labute approximate surface area is 146 Å². The summed E-state index contributed by atoms with van der Waals surface area (Å²) in [6.07, 6.45) is 0. The highest BCUT2D eigenvalue weighted by atomic mass is 32.1. The van der Waals surface area contributed by atoms with Gasteiger partial charge in [0.15, 0.2) is 11.5 Å². The summed E-state index contributed by atoms with van der Waals surface area (Å²) < 4.78 is 0. The number of H-pyrrole nitrogens is 1. The van der Waals surface area contributed by atoms with Crippen LogP contribution in [0.1, 0.15) is 22.1 Å². The standard InChI is InChI=1S/C17H15N3O4S/c21-9-11(10-5-2-1-3-6-10)18-16(23)13-14(22)17(24)20-15(19-13)12-7-4-8-25-12/h1-8,11,21-22H,9H2,(H,18,23)(H,19,20,24). The Hall–Kier alpha value is -2.97. The number of rotatable bonds is 5. The number of aromatic nitrogens is 2. The fourth-order valence-electron chi connectivity index (χ4n) is 2.30. The summed E-state index contributed by atoms with van der Waals surface area (Å²) in [5, 5.41) is 23.8. The molecular weight excluding hydrogens is 342 g/mol. The molecule has 0 fully saturated rings. The lowest BCUT2D eigenvalue weighted by Crippen LogP contribution is -2.32. The zero-order valence-corrected chi connectivity index (χ0v) is 13.8. The maximum Gasteiger partial charge on any atom is 0.294 e. The normalized spacial score (nSPS) is 11.9. The maximum atomic E-state index is 12.5. The van der Waals surface area contributed by atoms with Crippen molar-refractivity contribution in [3.63, 3.8) is 0 Å². The van der Waals surface area contributed by atoms with Gasteiger partial charge in [-0.3, -0.25) is 9.59 Å².